The lowest BCUT2D eigenvalue weighted by atomic mass is 10.00. The molecule has 1 aliphatic rings. The van der Waals surface area contributed by atoms with Crippen molar-refractivity contribution in [3.63, 3.8) is 0 Å². The van der Waals surface area contributed by atoms with Crippen LogP contribution in [0.1, 0.15) is 32.6 Å². The summed E-state index contributed by atoms with van der Waals surface area (Å²) in [6.45, 7) is 2.14. The van der Waals surface area contributed by atoms with Crippen LogP contribution in [-0.2, 0) is 0 Å². The maximum absolute atomic E-state index is 3.27. The highest BCUT2D eigenvalue weighted by Gasteiger charge is 2.01. The maximum atomic E-state index is 3.27. The first-order valence-corrected chi connectivity index (χ1v) is 5.07. The number of rotatable bonds is 1. The molecule has 13 heavy (non-hydrogen) atoms. The molecule has 0 fully saturated rings. The van der Waals surface area contributed by atoms with E-state index in [-0.39, 0.29) is 0 Å². The molecule has 0 heterocycles. The van der Waals surface area contributed by atoms with E-state index in [0.717, 1.165) is 0 Å². The standard InChI is InChI=1S/C12H19N/c1-11(13(2)3)9-10-12-7-5-4-6-8-12/h7,11H,4-6,8H2,1-3H3. The summed E-state index contributed by atoms with van der Waals surface area (Å²) in [6.07, 6.45) is 7.36. The Balaban J connectivity index is 2.50. The highest BCUT2D eigenvalue weighted by molar-refractivity contribution is 5.30. The highest BCUT2D eigenvalue weighted by Crippen LogP contribution is 2.16. The molecule has 1 rings (SSSR count). The fraction of sp³-hybridized carbons (Fsp3) is 0.667. The largest absolute Gasteiger partial charge is 0.296 e. The molecule has 0 aromatic carbocycles. The normalized spacial score (nSPS) is 18.9. The topological polar surface area (TPSA) is 3.24 Å². The van der Waals surface area contributed by atoms with Crippen molar-refractivity contribution in [2.45, 2.75) is 38.6 Å². The molecular weight excluding hydrogens is 158 g/mol. The van der Waals surface area contributed by atoms with Crippen molar-refractivity contribution in [2.24, 2.45) is 0 Å². The van der Waals surface area contributed by atoms with Crippen LogP contribution in [0.25, 0.3) is 0 Å². The predicted octanol–water partition coefficient (Wildman–Crippen LogP) is 2.44. The molecule has 1 heteroatoms. The Bertz CT molecular complexity index is 240. The molecule has 0 amide bonds. The van der Waals surface area contributed by atoms with Crippen LogP contribution >= 0.6 is 0 Å². The lowest BCUT2D eigenvalue weighted by molar-refractivity contribution is 0.373. The fourth-order valence-electron chi connectivity index (χ4n) is 1.28. The van der Waals surface area contributed by atoms with E-state index in [1.165, 1.54) is 31.3 Å². The minimum atomic E-state index is 0.364. The molecule has 0 N–H and O–H groups in total. The number of hydrogen-bond acceptors (Lipinski definition) is 1. The zero-order chi connectivity index (χ0) is 9.68. The summed E-state index contributed by atoms with van der Waals surface area (Å²) in [5.41, 5.74) is 1.35. The summed E-state index contributed by atoms with van der Waals surface area (Å²) in [6, 6.07) is 0.364. The van der Waals surface area contributed by atoms with E-state index in [2.05, 4.69) is 43.8 Å². The fourth-order valence-corrected chi connectivity index (χ4v) is 1.28. The van der Waals surface area contributed by atoms with Crippen molar-refractivity contribution >= 4 is 0 Å². The summed E-state index contributed by atoms with van der Waals surface area (Å²) in [7, 11) is 4.13. The first-order chi connectivity index (χ1) is 6.20. The second-order valence-electron chi connectivity index (χ2n) is 3.88. The molecule has 0 aromatic heterocycles. The summed E-state index contributed by atoms with van der Waals surface area (Å²) in [5, 5.41) is 0. The van der Waals surface area contributed by atoms with Gasteiger partial charge in [-0.05, 0) is 52.3 Å². The van der Waals surface area contributed by atoms with E-state index >= 15 is 0 Å². The van der Waals surface area contributed by atoms with Crippen LogP contribution < -0.4 is 0 Å². The summed E-state index contributed by atoms with van der Waals surface area (Å²) < 4.78 is 0. The first kappa shape index (κ1) is 10.3. The summed E-state index contributed by atoms with van der Waals surface area (Å²) in [4.78, 5) is 2.14. The number of nitrogens with zero attached hydrogens (tertiary/aromatic N) is 1. The van der Waals surface area contributed by atoms with Gasteiger partial charge in [-0.15, -0.1) is 0 Å². The minimum Gasteiger partial charge on any atom is -0.296 e. The second-order valence-corrected chi connectivity index (χ2v) is 3.88. The van der Waals surface area contributed by atoms with Gasteiger partial charge >= 0.3 is 0 Å². The predicted molar refractivity (Wildman–Crippen MR) is 57.5 cm³/mol. The van der Waals surface area contributed by atoms with Crippen molar-refractivity contribution in [3.8, 4) is 11.8 Å². The van der Waals surface area contributed by atoms with Crippen LogP contribution in [0.15, 0.2) is 11.6 Å². The SMILES string of the molecule is CC(C#CC1=CCCCC1)N(C)C. The van der Waals surface area contributed by atoms with E-state index < -0.39 is 0 Å². The molecule has 0 spiro atoms. The van der Waals surface area contributed by atoms with Crippen molar-refractivity contribution in [1.29, 1.82) is 0 Å². The molecule has 1 unspecified atom stereocenters. The van der Waals surface area contributed by atoms with Crippen LogP contribution in [0, 0.1) is 11.8 Å². The van der Waals surface area contributed by atoms with Gasteiger partial charge in [0.15, 0.2) is 0 Å². The average molecular weight is 177 g/mol. The molecule has 0 bridgehead atoms. The van der Waals surface area contributed by atoms with E-state index in [4.69, 9.17) is 0 Å². The van der Waals surface area contributed by atoms with Crippen molar-refractivity contribution in [2.75, 3.05) is 14.1 Å². The van der Waals surface area contributed by atoms with E-state index in [1.807, 2.05) is 0 Å². The van der Waals surface area contributed by atoms with Crippen LogP contribution in [-0.4, -0.2) is 25.0 Å². The monoisotopic (exact) mass is 177 g/mol. The Kier molecular flexibility index (Phi) is 4.05. The number of hydrogen-bond donors (Lipinski definition) is 0. The zero-order valence-corrected chi connectivity index (χ0v) is 8.93. The van der Waals surface area contributed by atoms with Gasteiger partial charge in [0, 0.05) is 0 Å². The molecule has 1 aliphatic carbocycles. The first-order valence-electron chi connectivity index (χ1n) is 5.07. The van der Waals surface area contributed by atoms with Crippen molar-refractivity contribution in [1.82, 2.24) is 4.90 Å². The third-order valence-electron chi connectivity index (χ3n) is 2.51. The average Bonchev–Trinajstić information content (AvgIpc) is 2.15. The molecule has 0 radical (unpaired) electrons. The maximum Gasteiger partial charge on any atom is 0.0684 e. The lowest BCUT2D eigenvalue weighted by Gasteiger charge is -2.13. The summed E-state index contributed by atoms with van der Waals surface area (Å²) >= 11 is 0. The van der Waals surface area contributed by atoms with Crippen LogP contribution in [0.5, 0.6) is 0 Å². The molecule has 0 saturated heterocycles. The van der Waals surface area contributed by atoms with E-state index in [1.54, 1.807) is 0 Å². The van der Waals surface area contributed by atoms with Gasteiger partial charge in [-0.25, -0.2) is 0 Å². The van der Waals surface area contributed by atoms with Gasteiger partial charge < -0.3 is 0 Å². The Labute approximate surface area is 81.8 Å². The van der Waals surface area contributed by atoms with Gasteiger partial charge in [-0.3, -0.25) is 4.90 Å². The van der Waals surface area contributed by atoms with Gasteiger partial charge in [0.1, 0.15) is 0 Å². The molecule has 72 valence electrons. The zero-order valence-electron chi connectivity index (χ0n) is 8.93. The molecule has 0 aliphatic heterocycles. The third-order valence-corrected chi connectivity index (χ3v) is 2.51. The molecular formula is C12H19N. The molecule has 1 nitrogen and oxygen atoms in total. The van der Waals surface area contributed by atoms with Gasteiger partial charge in [0.25, 0.3) is 0 Å². The number of allylic oxidation sites excluding steroid dienone is 2. The van der Waals surface area contributed by atoms with Crippen LogP contribution in [0.3, 0.4) is 0 Å². The third kappa shape index (κ3) is 3.65. The van der Waals surface area contributed by atoms with Crippen molar-refractivity contribution < 1.29 is 0 Å². The Morgan fingerprint density at radius 3 is 2.69 bits per heavy atom. The minimum absolute atomic E-state index is 0.364. The van der Waals surface area contributed by atoms with Crippen molar-refractivity contribution in [3.05, 3.63) is 11.6 Å². The molecule has 0 saturated carbocycles. The Morgan fingerprint density at radius 2 is 2.15 bits per heavy atom. The van der Waals surface area contributed by atoms with E-state index in [0.29, 0.717) is 6.04 Å². The smallest absolute Gasteiger partial charge is 0.0684 e. The highest BCUT2D eigenvalue weighted by atomic mass is 15.1. The second kappa shape index (κ2) is 5.09. The van der Waals surface area contributed by atoms with Gasteiger partial charge in [0.2, 0.25) is 0 Å². The summed E-state index contributed by atoms with van der Waals surface area (Å²) in [5.74, 6) is 6.53. The van der Waals surface area contributed by atoms with Gasteiger partial charge in [-0.1, -0.05) is 17.9 Å². The molecule has 0 aromatic rings. The van der Waals surface area contributed by atoms with Crippen LogP contribution in [0.2, 0.25) is 0 Å². The van der Waals surface area contributed by atoms with E-state index in [9.17, 15) is 0 Å². The Hall–Kier alpha value is -0.740. The van der Waals surface area contributed by atoms with Gasteiger partial charge in [0.05, 0.1) is 6.04 Å². The van der Waals surface area contributed by atoms with Gasteiger partial charge in [-0.2, -0.15) is 0 Å². The molecule has 1 atom stereocenters. The quantitative estimate of drug-likeness (QED) is 0.556. The Morgan fingerprint density at radius 1 is 1.38 bits per heavy atom. The lowest BCUT2D eigenvalue weighted by Crippen LogP contribution is -2.22. The van der Waals surface area contributed by atoms with Crippen LogP contribution in [0.4, 0.5) is 0 Å².